The van der Waals surface area contributed by atoms with Crippen LogP contribution in [0.3, 0.4) is 0 Å². The average molecular weight is 524 g/mol. The highest BCUT2D eigenvalue weighted by atomic mass is 14.7. The normalized spacial score (nSPS) is 13.3. The molecule has 0 saturated heterocycles. The first-order valence-electron chi connectivity index (χ1n) is 14.3. The molecule has 1 aliphatic rings. The van der Waals surface area contributed by atoms with E-state index in [1.165, 1.54) is 66.1 Å². The van der Waals surface area contributed by atoms with E-state index < -0.39 is 0 Å². The van der Waals surface area contributed by atoms with E-state index >= 15 is 0 Å². The molecule has 8 rings (SSSR count). The highest BCUT2D eigenvalue weighted by Gasteiger charge is 2.35. The summed E-state index contributed by atoms with van der Waals surface area (Å²) in [5, 5.41) is 4.94. The third-order valence-electron chi connectivity index (χ3n) is 8.93. The summed E-state index contributed by atoms with van der Waals surface area (Å²) in [5.74, 6) is 0. The number of pyridine rings is 1. The van der Waals surface area contributed by atoms with Crippen molar-refractivity contribution in [1.29, 1.82) is 0 Å². The van der Waals surface area contributed by atoms with Gasteiger partial charge in [0.2, 0.25) is 0 Å². The maximum Gasteiger partial charge on any atom is 0.0714 e. The Morgan fingerprint density at radius 3 is 1.66 bits per heavy atom. The number of benzene rings is 6. The van der Waals surface area contributed by atoms with Crippen LogP contribution in [-0.4, -0.2) is 4.98 Å². The number of hydrogen-bond donors (Lipinski definition) is 0. The Kier molecular flexibility index (Phi) is 5.24. The van der Waals surface area contributed by atoms with E-state index in [4.69, 9.17) is 4.98 Å². The van der Waals surface area contributed by atoms with Crippen molar-refractivity contribution in [2.24, 2.45) is 0 Å². The predicted octanol–water partition coefficient (Wildman–Crippen LogP) is 10.7. The molecule has 6 aromatic carbocycles. The molecule has 0 atom stereocenters. The van der Waals surface area contributed by atoms with E-state index in [1.807, 2.05) is 6.20 Å². The first kappa shape index (κ1) is 23.8. The zero-order chi connectivity index (χ0) is 27.6. The van der Waals surface area contributed by atoms with Crippen molar-refractivity contribution in [1.82, 2.24) is 4.98 Å². The molecular formula is C40H29N. The number of aromatic nitrogens is 1. The van der Waals surface area contributed by atoms with Crippen LogP contribution in [0.15, 0.2) is 140 Å². The van der Waals surface area contributed by atoms with Gasteiger partial charge in [-0.3, -0.25) is 4.98 Å². The predicted molar refractivity (Wildman–Crippen MR) is 173 cm³/mol. The first-order valence-corrected chi connectivity index (χ1v) is 14.3. The van der Waals surface area contributed by atoms with Gasteiger partial charge in [0.15, 0.2) is 0 Å². The lowest BCUT2D eigenvalue weighted by molar-refractivity contribution is 0.660. The van der Waals surface area contributed by atoms with Gasteiger partial charge in [0.1, 0.15) is 0 Å². The molecule has 0 amide bonds. The Balaban J connectivity index is 1.29. The molecule has 7 aromatic rings. The maximum absolute atomic E-state index is 5.09. The van der Waals surface area contributed by atoms with Crippen LogP contribution >= 0.6 is 0 Å². The highest BCUT2D eigenvalue weighted by molar-refractivity contribution is 6.21. The van der Waals surface area contributed by atoms with Crippen LogP contribution in [0.4, 0.5) is 0 Å². The Hall–Kier alpha value is -5.01. The van der Waals surface area contributed by atoms with Crippen LogP contribution in [0.1, 0.15) is 25.0 Å². The van der Waals surface area contributed by atoms with Crippen LogP contribution in [0.2, 0.25) is 0 Å². The fourth-order valence-electron chi connectivity index (χ4n) is 6.93. The zero-order valence-corrected chi connectivity index (χ0v) is 23.2. The molecule has 1 aromatic heterocycles. The summed E-state index contributed by atoms with van der Waals surface area (Å²) < 4.78 is 0. The second-order valence-electron chi connectivity index (χ2n) is 11.6. The standard InChI is InChI=1S/C40H29N/c1-40(2)35-19-11-10-14-29(35)34-24-27(20-22-36(34)40)28-21-23-37(41-25-28)39-32-17-8-6-15-30(32)38(26-12-4-3-5-13-26)31-16-7-9-18-33(31)39/h3-25H,1-2H3. The number of nitrogens with zero attached hydrogens (tertiary/aromatic N) is 1. The molecule has 1 heterocycles. The summed E-state index contributed by atoms with van der Waals surface area (Å²) >= 11 is 0. The van der Waals surface area contributed by atoms with E-state index in [0.29, 0.717) is 0 Å². The van der Waals surface area contributed by atoms with Crippen LogP contribution in [0, 0.1) is 0 Å². The Bertz CT molecular complexity index is 2040. The Labute approximate surface area is 240 Å². The van der Waals surface area contributed by atoms with Gasteiger partial charge in [-0.1, -0.05) is 135 Å². The summed E-state index contributed by atoms with van der Waals surface area (Å²) in [7, 11) is 0. The van der Waals surface area contributed by atoms with Gasteiger partial charge in [-0.05, 0) is 72.6 Å². The minimum absolute atomic E-state index is 0.0145. The molecule has 0 N–H and O–H groups in total. The fraction of sp³-hybridized carbons (Fsp3) is 0.0750. The molecule has 0 fully saturated rings. The van der Waals surface area contributed by atoms with Crippen molar-refractivity contribution in [3.63, 3.8) is 0 Å². The molecule has 0 unspecified atom stereocenters. The zero-order valence-electron chi connectivity index (χ0n) is 23.2. The van der Waals surface area contributed by atoms with E-state index in [1.54, 1.807) is 0 Å². The molecular weight excluding hydrogens is 494 g/mol. The van der Waals surface area contributed by atoms with Crippen molar-refractivity contribution in [3.05, 3.63) is 151 Å². The van der Waals surface area contributed by atoms with Crippen LogP contribution in [-0.2, 0) is 5.41 Å². The summed E-state index contributed by atoms with van der Waals surface area (Å²) in [4.78, 5) is 5.09. The quantitative estimate of drug-likeness (QED) is 0.210. The molecule has 0 saturated carbocycles. The molecule has 1 heteroatoms. The second-order valence-corrected chi connectivity index (χ2v) is 11.6. The third kappa shape index (κ3) is 3.59. The molecule has 0 bridgehead atoms. The number of fused-ring (bicyclic) bond motifs is 5. The van der Waals surface area contributed by atoms with Crippen molar-refractivity contribution < 1.29 is 0 Å². The second kappa shape index (κ2) is 9.01. The van der Waals surface area contributed by atoms with Crippen molar-refractivity contribution in [2.75, 3.05) is 0 Å². The first-order chi connectivity index (χ1) is 20.1. The minimum Gasteiger partial charge on any atom is -0.256 e. The fourth-order valence-corrected chi connectivity index (χ4v) is 6.93. The number of rotatable bonds is 3. The van der Waals surface area contributed by atoms with E-state index in [0.717, 1.165) is 11.3 Å². The van der Waals surface area contributed by atoms with Crippen LogP contribution in [0.5, 0.6) is 0 Å². The lowest BCUT2D eigenvalue weighted by Crippen LogP contribution is -2.14. The monoisotopic (exact) mass is 523 g/mol. The summed E-state index contributed by atoms with van der Waals surface area (Å²) in [6.45, 7) is 4.65. The van der Waals surface area contributed by atoms with Gasteiger partial charge in [0.05, 0.1) is 5.69 Å². The van der Waals surface area contributed by atoms with Gasteiger partial charge in [-0.25, -0.2) is 0 Å². The third-order valence-corrected chi connectivity index (χ3v) is 8.93. The minimum atomic E-state index is 0.0145. The van der Waals surface area contributed by atoms with Gasteiger partial charge in [0, 0.05) is 22.7 Å². The SMILES string of the molecule is CC1(C)c2ccccc2-c2cc(-c3ccc(-c4c5ccccc5c(-c5ccccc5)c5ccccc45)nc3)ccc21. The van der Waals surface area contributed by atoms with Gasteiger partial charge in [-0.2, -0.15) is 0 Å². The Morgan fingerprint density at radius 2 is 1.00 bits per heavy atom. The maximum atomic E-state index is 5.09. The van der Waals surface area contributed by atoms with Gasteiger partial charge in [-0.15, -0.1) is 0 Å². The Morgan fingerprint density at radius 1 is 0.439 bits per heavy atom. The van der Waals surface area contributed by atoms with Gasteiger partial charge in [0.25, 0.3) is 0 Å². The highest BCUT2D eigenvalue weighted by Crippen LogP contribution is 2.49. The summed E-state index contributed by atoms with van der Waals surface area (Å²) in [5.41, 5.74) is 12.5. The molecule has 0 spiro atoms. The molecule has 41 heavy (non-hydrogen) atoms. The van der Waals surface area contributed by atoms with Crippen molar-refractivity contribution >= 4 is 21.5 Å². The van der Waals surface area contributed by atoms with E-state index in [9.17, 15) is 0 Å². The largest absolute Gasteiger partial charge is 0.256 e. The van der Waals surface area contributed by atoms with Crippen molar-refractivity contribution in [3.8, 4) is 44.6 Å². The molecule has 0 aliphatic heterocycles. The smallest absolute Gasteiger partial charge is 0.0714 e. The molecule has 0 radical (unpaired) electrons. The molecule has 1 nitrogen and oxygen atoms in total. The molecule has 194 valence electrons. The van der Waals surface area contributed by atoms with E-state index in [-0.39, 0.29) is 5.41 Å². The average Bonchev–Trinajstić information content (AvgIpc) is 3.26. The topological polar surface area (TPSA) is 12.9 Å². The lowest BCUT2D eigenvalue weighted by Gasteiger charge is -2.21. The number of hydrogen-bond acceptors (Lipinski definition) is 1. The summed E-state index contributed by atoms with van der Waals surface area (Å²) in [6.07, 6.45) is 2.04. The van der Waals surface area contributed by atoms with E-state index in [2.05, 4.69) is 147 Å². The molecule has 1 aliphatic carbocycles. The van der Waals surface area contributed by atoms with Crippen LogP contribution < -0.4 is 0 Å². The van der Waals surface area contributed by atoms with Crippen molar-refractivity contribution in [2.45, 2.75) is 19.3 Å². The van der Waals surface area contributed by atoms with Gasteiger partial charge >= 0.3 is 0 Å². The van der Waals surface area contributed by atoms with Crippen LogP contribution in [0.25, 0.3) is 66.2 Å². The van der Waals surface area contributed by atoms with Gasteiger partial charge < -0.3 is 0 Å². The lowest BCUT2D eigenvalue weighted by atomic mass is 9.82. The summed E-state index contributed by atoms with van der Waals surface area (Å²) in [6, 6.07) is 48.3.